The van der Waals surface area contributed by atoms with Crippen molar-refractivity contribution in [1.82, 2.24) is 0 Å². The minimum Gasteiger partial charge on any atom is -0.493 e. The molecule has 0 spiro atoms. The van der Waals surface area contributed by atoms with Crippen molar-refractivity contribution in [1.29, 1.82) is 0 Å². The van der Waals surface area contributed by atoms with E-state index in [-0.39, 0.29) is 5.56 Å². The molecule has 0 aliphatic rings. The van der Waals surface area contributed by atoms with Crippen LogP contribution in [0.2, 0.25) is 0 Å². The van der Waals surface area contributed by atoms with Gasteiger partial charge in [0.15, 0.2) is 0 Å². The van der Waals surface area contributed by atoms with E-state index in [2.05, 4.69) is 0 Å². The second kappa shape index (κ2) is 6.18. The molecule has 112 valence electrons. The van der Waals surface area contributed by atoms with Gasteiger partial charge in [-0.25, -0.2) is 13.2 Å². The number of halogens is 3. The van der Waals surface area contributed by atoms with Crippen molar-refractivity contribution < 1.29 is 23.0 Å². The summed E-state index contributed by atoms with van der Waals surface area (Å²) in [6.45, 7) is 3.88. The van der Waals surface area contributed by atoms with Crippen LogP contribution in [0.15, 0.2) is 30.3 Å². The van der Waals surface area contributed by atoms with Crippen LogP contribution in [-0.2, 0) is 0 Å². The lowest BCUT2D eigenvalue weighted by Crippen LogP contribution is -2.09. The highest BCUT2D eigenvalue weighted by Crippen LogP contribution is 2.33. The Bertz CT molecular complexity index is 633. The molecule has 2 rings (SSSR count). The van der Waals surface area contributed by atoms with Crippen LogP contribution >= 0.6 is 0 Å². The number of hydrogen-bond donors (Lipinski definition) is 1. The van der Waals surface area contributed by atoms with E-state index in [0.717, 1.165) is 5.56 Å². The van der Waals surface area contributed by atoms with E-state index in [1.54, 1.807) is 32.0 Å². The molecule has 0 aliphatic carbocycles. The van der Waals surface area contributed by atoms with Crippen molar-refractivity contribution >= 4 is 0 Å². The van der Waals surface area contributed by atoms with E-state index < -0.39 is 29.1 Å². The van der Waals surface area contributed by atoms with Crippen LogP contribution < -0.4 is 4.74 Å². The van der Waals surface area contributed by atoms with E-state index in [1.165, 1.54) is 0 Å². The Morgan fingerprint density at radius 2 is 1.71 bits per heavy atom. The van der Waals surface area contributed by atoms with Gasteiger partial charge < -0.3 is 9.84 Å². The maximum Gasteiger partial charge on any atom is 0.135 e. The maximum atomic E-state index is 13.8. The summed E-state index contributed by atoms with van der Waals surface area (Å²) in [4.78, 5) is 0. The van der Waals surface area contributed by atoms with Crippen LogP contribution in [0.1, 0.15) is 29.7 Å². The van der Waals surface area contributed by atoms with E-state index in [0.29, 0.717) is 24.5 Å². The number of benzene rings is 2. The second-order valence-electron chi connectivity index (χ2n) is 4.66. The number of aliphatic hydroxyl groups is 1. The lowest BCUT2D eigenvalue weighted by Gasteiger charge is -2.18. The van der Waals surface area contributed by atoms with E-state index >= 15 is 0 Å². The number of ether oxygens (including phenoxy) is 1. The average molecular weight is 296 g/mol. The number of rotatable bonds is 4. The summed E-state index contributed by atoms with van der Waals surface area (Å²) in [6.07, 6.45) is -1.58. The molecule has 0 heterocycles. The summed E-state index contributed by atoms with van der Waals surface area (Å²) in [6, 6.07) is 6.04. The lowest BCUT2D eigenvalue weighted by molar-refractivity contribution is 0.201. The third-order valence-electron chi connectivity index (χ3n) is 3.08. The summed E-state index contributed by atoms with van der Waals surface area (Å²) < 4.78 is 45.9. The van der Waals surface area contributed by atoms with Gasteiger partial charge in [0.25, 0.3) is 0 Å². The molecule has 0 saturated carbocycles. The van der Waals surface area contributed by atoms with Crippen molar-refractivity contribution in [3.63, 3.8) is 0 Å². The Hall–Kier alpha value is -2.01. The zero-order valence-corrected chi connectivity index (χ0v) is 11.7. The highest BCUT2D eigenvalue weighted by Gasteiger charge is 2.24. The molecular formula is C16H15F3O2. The van der Waals surface area contributed by atoms with Crippen molar-refractivity contribution in [3.8, 4) is 5.75 Å². The molecule has 2 nitrogen and oxygen atoms in total. The third kappa shape index (κ3) is 3.19. The summed E-state index contributed by atoms with van der Waals surface area (Å²) >= 11 is 0. The van der Waals surface area contributed by atoms with Crippen LogP contribution in [0, 0.1) is 24.4 Å². The Morgan fingerprint density at radius 3 is 2.29 bits per heavy atom. The van der Waals surface area contributed by atoms with Gasteiger partial charge in [0.1, 0.15) is 29.3 Å². The molecule has 2 aromatic carbocycles. The summed E-state index contributed by atoms with van der Waals surface area (Å²) in [5.41, 5.74) is 0.444. The molecule has 0 aliphatic heterocycles. The number of hydrogen-bond acceptors (Lipinski definition) is 2. The normalized spacial score (nSPS) is 12.3. The van der Waals surface area contributed by atoms with E-state index in [1.807, 2.05) is 0 Å². The maximum absolute atomic E-state index is 13.8. The minimum absolute atomic E-state index is 0.237. The fraction of sp³-hybridized carbons (Fsp3) is 0.250. The first-order valence-corrected chi connectivity index (χ1v) is 6.50. The Labute approximate surface area is 120 Å². The van der Waals surface area contributed by atoms with Crippen LogP contribution in [0.4, 0.5) is 13.2 Å². The lowest BCUT2D eigenvalue weighted by atomic mass is 9.98. The van der Waals surface area contributed by atoms with Crippen molar-refractivity contribution in [3.05, 3.63) is 64.5 Å². The van der Waals surface area contributed by atoms with Gasteiger partial charge in [-0.3, -0.25) is 0 Å². The Balaban J connectivity index is 2.54. The quantitative estimate of drug-likeness (QED) is 0.927. The molecule has 0 saturated heterocycles. The van der Waals surface area contributed by atoms with Gasteiger partial charge in [-0.2, -0.15) is 0 Å². The first-order chi connectivity index (χ1) is 9.93. The second-order valence-corrected chi connectivity index (χ2v) is 4.66. The van der Waals surface area contributed by atoms with Crippen LogP contribution in [0.3, 0.4) is 0 Å². The predicted molar refractivity (Wildman–Crippen MR) is 72.7 cm³/mol. The fourth-order valence-corrected chi connectivity index (χ4v) is 2.14. The molecular weight excluding hydrogens is 281 g/mol. The van der Waals surface area contributed by atoms with Crippen LogP contribution in [0.25, 0.3) is 0 Å². The van der Waals surface area contributed by atoms with E-state index in [4.69, 9.17) is 4.74 Å². The van der Waals surface area contributed by atoms with Gasteiger partial charge in [0.2, 0.25) is 0 Å². The van der Waals surface area contributed by atoms with Crippen molar-refractivity contribution in [2.45, 2.75) is 20.0 Å². The van der Waals surface area contributed by atoms with Crippen LogP contribution in [0.5, 0.6) is 5.75 Å². The predicted octanol–water partition coefficient (Wildman–Crippen LogP) is 3.89. The van der Waals surface area contributed by atoms with Gasteiger partial charge in [-0.1, -0.05) is 11.6 Å². The third-order valence-corrected chi connectivity index (χ3v) is 3.08. The number of aliphatic hydroxyl groups excluding tert-OH is 1. The zero-order valence-electron chi connectivity index (χ0n) is 11.7. The molecule has 1 N–H and O–H groups in total. The SMILES string of the molecule is CCOc1ccc(C)cc1C(O)c1c(F)cc(F)cc1F. The van der Waals surface area contributed by atoms with Gasteiger partial charge in [0.05, 0.1) is 12.2 Å². The van der Waals surface area contributed by atoms with Gasteiger partial charge in [-0.05, 0) is 26.0 Å². The largest absolute Gasteiger partial charge is 0.493 e. The molecule has 0 bridgehead atoms. The molecule has 0 amide bonds. The first-order valence-electron chi connectivity index (χ1n) is 6.50. The van der Waals surface area contributed by atoms with Gasteiger partial charge in [-0.15, -0.1) is 0 Å². The molecule has 0 aromatic heterocycles. The summed E-state index contributed by atoms with van der Waals surface area (Å²) in [5.74, 6) is -2.97. The highest BCUT2D eigenvalue weighted by atomic mass is 19.1. The topological polar surface area (TPSA) is 29.5 Å². The molecule has 1 atom stereocenters. The molecule has 2 aromatic rings. The van der Waals surface area contributed by atoms with Crippen molar-refractivity contribution in [2.24, 2.45) is 0 Å². The minimum atomic E-state index is -1.58. The van der Waals surface area contributed by atoms with Gasteiger partial charge >= 0.3 is 0 Å². The molecule has 1 unspecified atom stereocenters. The summed E-state index contributed by atoms with van der Waals surface area (Å²) in [5, 5.41) is 10.3. The van der Waals surface area contributed by atoms with Crippen LogP contribution in [-0.4, -0.2) is 11.7 Å². The highest BCUT2D eigenvalue weighted by molar-refractivity contribution is 5.43. The smallest absolute Gasteiger partial charge is 0.135 e. The van der Waals surface area contributed by atoms with E-state index in [9.17, 15) is 18.3 Å². The van der Waals surface area contributed by atoms with Crippen molar-refractivity contribution in [2.75, 3.05) is 6.61 Å². The number of aryl methyl sites for hydroxylation is 1. The molecule has 0 fully saturated rings. The standard InChI is InChI=1S/C16H15F3O2/c1-3-21-14-5-4-9(2)6-11(14)16(20)15-12(18)7-10(17)8-13(15)19/h4-8,16,20H,3H2,1-2H3. The molecule has 0 radical (unpaired) electrons. The average Bonchev–Trinajstić information content (AvgIpc) is 2.39. The monoisotopic (exact) mass is 296 g/mol. The zero-order chi connectivity index (χ0) is 15.6. The summed E-state index contributed by atoms with van der Waals surface area (Å²) in [7, 11) is 0. The fourth-order valence-electron chi connectivity index (χ4n) is 2.14. The molecule has 21 heavy (non-hydrogen) atoms. The Morgan fingerprint density at radius 1 is 1.10 bits per heavy atom. The van der Waals surface area contributed by atoms with Gasteiger partial charge in [0, 0.05) is 17.7 Å². The Kier molecular flexibility index (Phi) is 4.53. The molecule has 5 heteroatoms. The first kappa shape index (κ1) is 15.4.